The van der Waals surface area contributed by atoms with Crippen LogP contribution in [0.3, 0.4) is 0 Å². The van der Waals surface area contributed by atoms with Gasteiger partial charge in [-0.2, -0.15) is 0 Å². The lowest BCUT2D eigenvalue weighted by atomic mass is 10.1. The third-order valence-electron chi connectivity index (χ3n) is 1.79. The summed E-state index contributed by atoms with van der Waals surface area (Å²) < 4.78 is 0. The molecule has 0 aromatic heterocycles. The highest BCUT2D eigenvalue weighted by atomic mass is 13.9. The maximum Gasteiger partial charge on any atom is -0.0348 e. The zero-order valence-electron chi connectivity index (χ0n) is 7.57. The van der Waals surface area contributed by atoms with Crippen molar-refractivity contribution in [1.29, 1.82) is 0 Å². The second kappa shape index (κ2) is 5.28. The van der Waals surface area contributed by atoms with Crippen molar-refractivity contribution in [2.75, 3.05) is 0 Å². The van der Waals surface area contributed by atoms with Gasteiger partial charge in [-0.15, -0.1) is 0 Å². The van der Waals surface area contributed by atoms with Crippen molar-refractivity contribution < 1.29 is 0 Å². The molecule has 0 atom stereocenters. The highest BCUT2D eigenvalue weighted by molar-refractivity contribution is 5.25. The highest BCUT2D eigenvalue weighted by Crippen LogP contribution is 2.08. The Morgan fingerprint density at radius 3 is 2.20 bits per heavy atom. The molecule has 0 heteroatoms. The molecule has 10 heavy (non-hydrogen) atoms. The molecule has 0 saturated heterocycles. The molecule has 0 aliphatic rings. The van der Waals surface area contributed by atoms with E-state index in [1.165, 1.54) is 24.0 Å². The van der Waals surface area contributed by atoms with E-state index >= 15 is 0 Å². The predicted molar refractivity (Wildman–Crippen MR) is 48.1 cm³/mol. The summed E-state index contributed by atoms with van der Waals surface area (Å²) in [7, 11) is 0. The Morgan fingerprint density at radius 1 is 1.20 bits per heavy atom. The standard InChI is InChI=1S/C10H18/c1-5-7-8-10(4)9(3)6-2/h6,8H,5,7H2,1-4H3/b9-6+,10-8-. The molecule has 0 bridgehead atoms. The van der Waals surface area contributed by atoms with E-state index in [4.69, 9.17) is 0 Å². The van der Waals surface area contributed by atoms with Crippen LogP contribution in [0, 0.1) is 0 Å². The summed E-state index contributed by atoms with van der Waals surface area (Å²) in [6.07, 6.45) is 6.90. The topological polar surface area (TPSA) is 0 Å². The molecule has 0 aromatic rings. The van der Waals surface area contributed by atoms with E-state index in [9.17, 15) is 0 Å². The molecule has 0 N–H and O–H groups in total. The first-order valence-electron chi connectivity index (χ1n) is 4.02. The molecule has 0 heterocycles. The van der Waals surface area contributed by atoms with Crippen LogP contribution in [0.4, 0.5) is 0 Å². The lowest BCUT2D eigenvalue weighted by Gasteiger charge is -1.98. The molecule has 0 aliphatic heterocycles. The van der Waals surface area contributed by atoms with E-state index in [-0.39, 0.29) is 0 Å². The Balaban J connectivity index is 3.93. The molecule has 0 fully saturated rings. The first-order chi connectivity index (χ1) is 4.72. The van der Waals surface area contributed by atoms with E-state index in [0.717, 1.165) is 0 Å². The zero-order chi connectivity index (χ0) is 7.98. The average Bonchev–Trinajstić information content (AvgIpc) is 1.98. The molecule has 0 aromatic carbocycles. The summed E-state index contributed by atoms with van der Waals surface area (Å²) >= 11 is 0. The van der Waals surface area contributed by atoms with Crippen molar-refractivity contribution in [3.8, 4) is 0 Å². The van der Waals surface area contributed by atoms with Crippen LogP contribution in [-0.2, 0) is 0 Å². The van der Waals surface area contributed by atoms with Gasteiger partial charge in [0.15, 0.2) is 0 Å². The largest absolute Gasteiger partial charge is 0.0845 e. The van der Waals surface area contributed by atoms with Crippen LogP contribution >= 0.6 is 0 Å². The summed E-state index contributed by atoms with van der Waals surface area (Å²) in [6, 6.07) is 0. The van der Waals surface area contributed by atoms with Crippen LogP contribution in [-0.4, -0.2) is 0 Å². The van der Waals surface area contributed by atoms with Crippen LogP contribution < -0.4 is 0 Å². The number of unbranched alkanes of at least 4 members (excludes halogenated alkanes) is 1. The molecule has 0 radical (unpaired) electrons. The second-order valence-electron chi connectivity index (χ2n) is 2.65. The van der Waals surface area contributed by atoms with E-state index in [1.54, 1.807) is 0 Å². The normalized spacial score (nSPS) is 14.0. The number of hydrogen-bond acceptors (Lipinski definition) is 0. The summed E-state index contributed by atoms with van der Waals surface area (Å²) in [5, 5.41) is 0. The fraction of sp³-hybridized carbons (Fsp3) is 0.600. The van der Waals surface area contributed by atoms with Gasteiger partial charge in [0.2, 0.25) is 0 Å². The van der Waals surface area contributed by atoms with E-state index in [1.807, 2.05) is 0 Å². The minimum Gasteiger partial charge on any atom is -0.0845 e. The van der Waals surface area contributed by atoms with Gasteiger partial charge in [0.05, 0.1) is 0 Å². The lowest BCUT2D eigenvalue weighted by molar-refractivity contribution is 0.949. The number of rotatable bonds is 3. The van der Waals surface area contributed by atoms with Crippen molar-refractivity contribution in [3.05, 3.63) is 23.3 Å². The van der Waals surface area contributed by atoms with Gasteiger partial charge in [0.25, 0.3) is 0 Å². The van der Waals surface area contributed by atoms with Crippen molar-refractivity contribution in [2.24, 2.45) is 0 Å². The molecular weight excluding hydrogens is 120 g/mol. The third-order valence-corrected chi connectivity index (χ3v) is 1.79. The van der Waals surface area contributed by atoms with Crippen LogP contribution in [0.25, 0.3) is 0 Å². The molecule has 58 valence electrons. The van der Waals surface area contributed by atoms with Crippen LogP contribution in [0.2, 0.25) is 0 Å². The fourth-order valence-corrected chi connectivity index (χ4v) is 0.750. The Morgan fingerprint density at radius 2 is 1.80 bits per heavy atom. The predicted octanol–water partition coefficient (Wildman–Crippen LogP) is 3.70. The maximum atomic E-state index is 2.30. The van der Waals surface area contributed by atoms with Gasteiger partial charge in [-0.05, 0) is 27.2 Å². The SMILES string of the molecule is C/C=C(C)/C(C)=C\CCC. The summed E-state index contributed by atoms with van der Waals surface area (Å²) in [5.41, 5.74) is 2.82. The molecule has 0 nitrogen and oxygen atoms in total. The van der Waals surface area contributed by atoms with Crippen LogP contribution in [0.5, 0.6) is 0 Å². The molecule has 0 saturated carbocycles. The van der Waals surface area contributed by atoms with Gasteiger partial charge in [-0.25, -0.2) is 0 Å². The van der Waals surface area contributed by atoms with Crippen molar-refractivity contribution >= 4 is 0 Å². The van der Waals surface area contributed by atoms with Crippen molar-refractivity contribution in [1.82, 2.24) is 0 Å². The Hall–Kier alpha value is -0.520. The highest BCUT2D eigenvalue weighted by Gasteiger charge is 1.88. The minimum absolute atomic E-state index is 1.21. The summed E-state index contributed by atoms with van der Waals surface area (Å²) in [6.45, 7) is 8.61. The quantitative estimate of drug-likeness (QED) is 0.522. The maximum absolute atomic E-state index is 2.30. The first kappa shape index (κ1) is 9.48. The van der Waals surface area contributed by atoms with Gasteiger partial charge < -0.3 is 0 Å². The molecule has 0 amide bonds. The van der Waals surface area contributed by atoms with Crippen molar-refractivity contribution in [2.45, 2.75) is 40.5 Å². The summed E-state index contributed by atoms with van der Waals surface area (Å²) in [4.78, 5) is 0. The average molecular weight is 138 g/mol. The molecule has 0 spiro atoms. The second-order valence-corrected chi connectivity index (χ2v) is 2.65. The van der Waals surface area contributed by atoms with E-state index in [0.29, 0.717) is 0 Å². The van der Waals surface area contributed by atoms with Gasteiger partial charge in [0, 0.05) is 0 Å². The van der Waals surface area contributed by atoms with Crippen molar-refractivity contribution in [3.63, 3.8) is 0 Å². The zero-order valence-corrected chi connectivity index (χ0v) is 7.57. The lowest BCUT2D eigenvalue weighted by Crippen LogP contribution is -1.77. The van der Waals surface area contributed by atoms with Gasteiger partial charge in [0.1, 0.15) is 0 Å². The van der Waals surface area contributed by atoms with Gasteiger partial charge in [-0.1, -0.05) is 36.6 Å². The Kier molecular flexibility index (Phi) is 5.00. The number of hydrogen-bond donors (Lipinski definition) is 0. The van der Waals surface area contributed by atoms with Gasteiger partial charge in [-0.3, -0.25) is 0 Å². The molecule has 0 rings (SSSR count). The molecule has 0 aliphatic carbocycles. The molecule has 0 unspecified atom stereocenters. The summed E-state index contributed by atoms with van der Waals surface area (Å²) in [5.74, 6) is 0. The Bertz CT molecular complexity index is 138. The van der Waals surface area contributed by atoms with Crippen LogP contribution in [0.15, 0.2) is 23.3 Å². The van der Waals surface area contributed by atoms with Gasteiger partial charge >= 0.3 is 0 Å². The fourth-order valence-electron chi connectivity index (χ4n) is 0.750. The minimum atomic E-state index is 1.21. The first-order valence-corrected chi connectivity index (χ1v) is 4.02. The monoisotopic (exact) mass is 138 g/mol. The Labute approximate surface area is 64.6 Å². The van der Waals surface area contributed by atoms with E-state index in [2.05, 4.69) is 39.8 Å². The van der Waals surface area contributed by atoms with Crippen LogP contribution in [0.1, 0.15) is 40.5 Å². The number of allylic oxidation sites excluding steroid dienone is 4. The smallest absolute Gasteiger partial charge is 0.0348 e. The van der Waals surface area contributed by atoms with E-state index < -0.39 is 0 Å². The molecular formula is C10H18. The third kappa shape index (κ3) is 3.49.